The van der Waals surface area contributed by atoms with E-state index in [9.17, 15) is 4.79 Å². The molecule has 2 rings (SSSR count). The minimum Gasteiger partial charge on any atom is -0.374 e. The molecule has 0 fully saturated rings. The molecular formula is C10H12N4OS. The summed E-state index contributed by atoms with van der Waals surface area (Å²) in [7, 11) is 0. The second kappa shape index (κ2) is 4.89. The van der Waals surface area contributed by atoms with Crippen LogP contribution in [0.1, 0.15) is 12.6 Å². The minimum atomic E-state index is -0.0297. The lowest BCUT2D eigenvalue weighted by Gasteiger charge is -2.04. The van der Waals surface area contributed by atoms with E-state index in [1.807, 2.05) is 13.0 Å². The summed E-state index contributed by atoms with van der Waals surface area (Å²) in [5.41, 5.74) is 0.776. The Morgan fingerprint density at radius 3 is 3.12 bits per heavy atom. The molecule has 84 valence electrons. The zero-order valence-corrected chi connectivity index (χ0v) is 9.70. The van der Waals surface area contributed by atoms with E-state index in [0.717, 1.165) is 17.2 Å². The van der Waals surface area contributed by atoms with Gasteiger partial charge in [0, 0.05) is 30.3 Å². The lowest BCUT2D eigenvalue weighted by molar-refractivity contribution is 0.736. The van der Waals surface area contributed by atoms with E-state index in [1.54, 1.807) is 16.8 Å². The van der Waals surface area contributed by atoms with Crippen LogP contribution >= 0.6 is 11.5 Å². The van der Waals surface area contributed by atoms with Crippen molar-refractivity contribution in [3.8, 4) is 0 Å². The summed E-state index contributed by atoms with van der Waals surface area (Å²) < 4.78 is 5.49. The van der Waals surface area contributed by atoms with Gasteiger partial charge in [-0.25, -0.2) is 0 Å². The van der Waals surface area contributed by atoms with Crippen LogP contribution in [0.15, 0.2) is 29.2 Å². The van der Waals surface area contributed by atoms with Crippen LogP contribution in [-0.2, 0) is 6.54 Å². The standard InChI is InChI=1S/C10H12N4OS/c1-2-11-10-8(12-13-16-10)7-14-6-4-3-5-9(14)15/h3-6,11H,2,7H2,1H3. The molecule has 5 nitrogen and oxygen atoms in total. The monoisotopic (exact) mass is 236 g/mol. The quantitative estimate of drug-likeness (QED) is 0.866. The number of nitrogens with zero attached hydrogens (tertiary/aromatic N) is 3. The number of aromatic nitrogens is 3. The molecule has 1 N–H and O–H groups in total. The highest BCUT2D eigenvalue weighted by molar-refractivity contribution is 7.10. The third-order valence-corrected chi connectivity index (χ3v) is 2.84. The molecule has 0 aliphatic rings. The summed E-state index contributed by atoms with van der Waals surface area (Å²) in [5.74, 6) is 0. The fraction of sp³-hybridized carbons (Fsp3) is 0.300. The van der Waals surface area contributed by atoms with E-state index < -0.39 is 0 Å². The van der Waals surface area contributed by atoms with Gasteiger partial charge in [-0.05, 0) is 13.0 Å². The van der Waals surface area contributed by atoms with Crippen molar-refractivity contribution < 1.29 is 0 Å². The number of hydrogen-bond acceptors (Lipinski definition) is 5. The molecule has 0 atom stereocenters. The Hall–Kier alpha value is -1.69. The number of hydrogen-bond donors (Lipinski definition) is 1. The van der Waals surface area contributed by atoms with Crippen molar-refractivity contribution in [3.63, 3.8) is 0 Å². The van der Waals surface area contributed by atoms with E-state index in [2.05, 4.69) is 14.9 Å². The molecule has 2 heterocycles. The molecule has 0 saturated heterocycles. The SMILES string of the molecule is CCNc1snnc1Cn1ccccc1=O. The Bertz CT molecular complexity index is 519. The molecule has 2 aromatic heterocycles. The van der Waals surface area contributed by atoms with Crippen molar-refractivity contribution in [2.75, 3.05) is 11.9 Å². The van der Waals surface area contributed by atoms with E-state index in [0.29, 0.717) is 6.54 Å². The molecule has 0 bridgehead atoms. The van der Waals surface area contributed by atoms with Gasteiger partial charge in [0.15, 0.2) is 0 Å². The number of anilines is 1. The zero-order valence-electron chi connectivity index (χ0n) is 8.88. The zero-order chi connectivity index (χ0) is 11.4. The molecule has 6 heteroatoms. The van der Waals surface area contributed by atoms with Gasteiger partial charge < -0.3 is 9.88 Å². The summed E-state index contributed by atoms with van der Waals surface area (Å²) in [6.07, 6.45) is 1.75. The first-order valence-electron chi connectivity index (χ1n) is 5.02. The predicted molar refractivity (Wildman–Crippen MR) is 63.9 cm³/mol. The van der Waals surface area contributed by atoms with Gasteiger partial charge in [-0.15, -0.1) is 5.10 Å². The largest absolute Gasteiger partial charge is 0.374 e. The molecule has 0 spiro atoms. The summed E-state index contributed by atoms with van der Waals surface area (Å²) in [6.45, 7) is 3.29. The smallest absolute Gasteiger partial charge is 0.250 e. The fourth-order valence-corrected chi connectivity index (χ4v) is 2.00. The summed E-state index contributed by atoms with van der Waals surface area (Å²) in [6, 6.07) is 5.09. The molecule has 2 aromatic rings. The van der Waals surface area contributed by atoms with Crippen LogP contribution in [-0.4, -0.2) is 20.7 Å². The van der Waals surface area contributed by atoms with Gasteiger partial charge in [-0.3, -0.25) is 4.79 Å². The lowest BCUT2D eigenvalue weighted by Crippen LogP contribution is -2.19. The lowest BCUT2D eigenvalue weighted by atomic mass is 10.4. The maximum atomic E-state index is 11.5. The molecular weight excluding hydrogens is 224 g/mol. The Balaban J connectivity index is 2.24. The fourth-order valence-electron chi connectivity index (χ4n) is 1.36. The van der Waals surface area contributed by atoms with Crippen LogP contribution in [0.25, 0.3) is 0 Å². The second-order valence-corrected chi connectivity index (χ2v) is 4.00. The number of rotatable bonds is 4. The number of nitrogens with one attached hydrogen (secondary N) is 1. The van der Waals surface area contributed by atoms with Crippen molar-refractivity contribution in [2.45, 2.75) is 13.5 Å². The molecule has 0 unspecified atom stereocenters. The maximum Gasteiger partial charge on any atom is 0.250 e. The van der Waals surface area contributed by atoms with Gasteiger partial charge in [-0.2, -0.15) is 0 Å². The van der Waals surface area contributed by atoms with E-state index in [1.165, 1.54) is 17.6 Å². The van der Waals surface area contributed by atoms with Crippen molar-refractivity contribution >= 4 is 16.5 Å². The molecule has 0 aromatic carbocycles. The first kappa shape index (κ1) is 10.8. The minimum absolute atomic E-state index is 0.0297. The second-order valence-electron chi connectivity index (χ2n) is 3.25. The van der Waals surface area contributed by atoms with Crippen molar-refractivity contribution in [2.24, 2.45) is 0 Å². The first-order chi connectivity index (χ1) is 7.81. The highest BCUT2D eigenvalue weighted by Gasteiger charge is 2.07. The molecule has 16 heavy (non-hydrogen) atoms. The van der Waals surface area contributed by atoms with E-state index in [-0.39, 0.29) is 5.56 Å². The molecule has 0 saturated carbocycles. The molecule has 0 amide bonds. The number of pyridine rings is 1. The third-order valence-electron chi connectivity index (χ3n) is 2.11. The highest BCUT2D eigenvalue weighted by atomic mass is 32.1. The summed E-state index contributed by atoms with van der Waals surface area (Å²) >= 11 is 1.31. The van der Waals surface area contributed by atoms with E-state index in [4.69, 9.17) is 0 Å². The van der Waals surface area contributed by atoms with Gasteiger partial charge >= 0.3 is 0 Å². The normalized spacial score (nSPS) is 10.3. The van der Waals surface area contributed by atoms with Gasteiger partial charge in [0.2, 0.25) is 0 Å². The average molecular weight is 236 g/mol. The van der Waals surface area contributed by atoms with Crippen LogP contribution in [0.4, 0.5) is 5.00 Å². The summed E-state index contributed by atoms with van der Waals surface area (Å²) in [5, 5.41) is 8.12. The van der Waals surface area contributed by atoms with Crippen molar-refractivity contribution in [1.82, 2.24) is 14.2 Å². The van der Waals surface area contributed by atoms with Gasteiger partial charge in [0.05, 0.1) is 6.54 Å². The Morgan fingerprint density at radius 1 is 1.50 bits per heavy atom. The summed E-state index contributed by atoms with van der Waals surface area (Å²) in [4.78, 5) is 11.5. The third kappa shape index (κ3) is 2.27. The van der Waals surface area contributed by atoms with Crippen LogP contribution in [0.5, 0.6) is 0 Å². The van der Waals surface area contributed by atoms with Gasteiger partial charge in [0.1, 0.15) is 10.7 Å². The Kier molecular flexibility index (Phi) is 3.31. The van der Waals surface area contributed by atoms with Crippen molar-refractivity contribution in [1.29, 1.82) is 0 Å². The maximum absolute atomic E-state index is 11.5. The highest BCUT2D eigenvalue weighted by Crippen LogP contribution is 2.17. The van der Waals surface area contributed by atoms with Crippen LogP contribution in [0.2, 0.25) is 0 Å². The Morgan fingerprint density at radius 2 is 2.38 bits per heavy atom. The predicted octanol–water partition coefficient (Wildman–Crippen LogP) is 1.18. The Labute approximate surface area is 96.9 Å². The van der Waals surface area contributed by atoms with Gasteiger partial charge in [0.25, 0.3) is 5.56 Å². The van der Waals surface area contributed by atoms with Crippen molar-refractivity contribution in [3.05, 3.63) is 40.4 Å². The van der Waals surface area contributed by atoms with E-state index >= 15 is 0 Å². The average Bonchev–Trinajstić information content (AvgIpc) is 2.70. The van der Waals surface area contributed by atoms with Gasteiger partial charge in [-0.1, -0.05) is 10.6 Å². The first-order valence-corrected chi connectivity index (χ1v) is 5.79. The molecule has 0 radical (unpaired) electrons. The molecule has 0 aliphatic carbocycles. The van der Waals surface area contributed by atoms with Crippen LogP contribution in [0, 0.1) is 0 Å². The van der Waals surface area contributed by atoms with Crippen LogP contribution in [0.3, 0.4) is 0 Å². The van der Waals surface area contributed by atoms with Crippen LogP contribution < -0.4 is 10.9 Å². The molecule has 0 aliphatic heterocycles. The topological polar surface area (TPSA) is 59.8 Å².